The SMILES string of the molecule is COc1ccc2c(=O)c(C(=O)c3ccccc3)c[nH]c2c1. The normalized spacial score (nSPS) is 10.5. The molecular weight excluding hydrogens is 266 g/mol. The van der Waals surface area contributed by atoms with Gasteiger partial charge in [0, 0.05) is 23.2 Å². The summed E-state index contributed by atoms with van der Waals surface area (Å²) in [5, 5.41) is 0.470. The molecule has 1 heterocycles. The smallest absolute Gasteiger partial charge is 0.200 e. The molecule has 0 spiro atoms. The number of pyridine rings is 1. The molecule has 0 saturated carbocycles. The second kappa shape index (κ2) is 5.25. The molecular formula is C17H13NO3. The molecule has 0 bridgehead atoms. The molecule has 0 aliphatic carbocycles. The van der Waals surface area contributed by atoms with Crippen LogP contribution in [0.15, 0.2) is 59.5 Å². The number of rotatable bonds is 3. The highest BCUT2D eigenvalue weighted by molar-refractivity contribution is 6.10. The van der Waals surface area contributed by atoms with Crippen LogP contribution in [0.25, 0.3) is 10.9 Å². The van der Waals surface area contributed by atoms with Gasteiger partial charge in [-0.05, 0) is 12.1 Å². The van der Waals surface area contributed by atoms with Crippen molar-refractivity contribution < 1.29 is 9.53 Å². The molecule has 0 unspecified atom stereocenters. The van der Waals surface area contributed by atoms with Crippen molar-refractivity contribution in [3.8, 4) is 5.75 Å². The zero-order valence-corrected chi connectivity index (χ0v) is 11.4. The van der Waals surface area contributed by atoms with E-state index < -0.39 is 0 Å². The van der Waals surface area contributed by atoms with Gasteiger partial charge in [-0.15, -0.1) is 0 Å². The Morgan fingerprint density at radius 1 is 1.10 bits per heavy atom. The molecule has 1 N–H and O–H groups in total. The van der Waals surface area contributed by atoms with Crippen LogP contribution in [-0.2, 0) is 0 Å². The number of aromatic nitrogens is 1. The number of carbonyl (C=O) groups excluding carboxylic acids is 1. The summed E-state index contributed by atoms with van der Waals surface area (Å²) < 4.78 is 5.12. The monoisotopic (exact) mass is 279 g/mol. The fraction of sp³-hybridized carbons (Fsp3) is 0.0588. The van der Waals surface area contributed by atoms with Crippen LogP contribution in [0.3, 0.4) is 0 Å². The van der Waals surface area contributed by atoms with Crippen molar-refractivity contribution in [2.45, 2.75) is 0 Å². The highest BCUT2D eigenvalue weighted by Gasteiger charge is 2.14. The number of ether oxygens (including phenoxy) is 1. The van der Waals surface area contributed by atoms with Crippen molar-refractivity contribution >= 4 is 16.7 Å². The number of methoxy groups -OCH3 is 1. The number of hydrogen-bond donors (Lipinski definition) is 1. The van der Waals surface area contributed by atoms with Gasteiger partial charge in [0.05, 0.1) is 18.2 Å². The lowest BCUT2D eigenvalue weighted by molar-refractivity contribution is 0.103. The lowest BCUT2D eigenvalue weighted by Crippen LogP contribution is -2.16. The molecule has 0 fully saturated rings. The maximum absolute atomic E-state index is 12.5. The molecule has 0 amide bonds. The Hall–Kier alpha value is -2.88. The molecule has 0 aliphatic heterocycles. The second-order valence-corrected chi connectivity index (χ2v) is 4.64. The Bertz CT molecular complexity index is 866. The maximum Gasteiger partial charge on any atom is 0.200 e. The number of fused-ring (bicyclic) bond motifs is 1. The van der Waals surface area contributed by atoms with Crippen LogP contribution in [0.5, 0.6) is 5.75 Å². The van der Waals surface area contributed by atoms with E-state index in [-0.39, 0.29) is 16.8 Å². The van der Waals surface area contributed by atoms with E-state index in [1.165, 1.54) is 6.20 Å². The third kappa shape index (κ3) is 2.31. The molecule has 104 valence electrons. The van der Waals surface area contributed by atoms with Crippen molar-refractivity contribution in [3.05, 3.63) is 76.1 Å². The van der Waals surface area contributed by atoms with Crippen molar-refractivity contribution in [2.75, 3.05) is 7.11 Å². The Labute approximate surface area is 121 Å². The van der Waals surface area contributed by atoms with E-state index in [4.69, 9.17) is 4.74 Å². The largest absolute Gasteiger partial charge is 0.497 e. The van der Waals surface area contributed by atoms with Crippen LogP contribution >= 0.6 is 0 Å². The minimum Gasteiger partial charge on any atom is -0.497 e. The van der Waals surface area contributed by atoms with Gasteiger partial charge < -0.3 is 9.72 Å². The van der Waals surface area contributed by atoms with Gasteiger partial charge in [0.1, 0.15) is 5.75 Å². The average molecular weight is 279 g/mol. The van der Waals surface area contributed by atoms with Gasteiger partial charge in [-0.1, -0.05) is 30.3 Å². The van der Waals surface area contributed by atoms with Gasteiger partial charge in [-0.25, -0.2) is 0 Å². The van der Waals surface area contributed by atoms with Gasteiger partial charge >= 0.3 is 0 Å². The number of aromatic amines is 1. The topological polar surface area (TPSA) is 59.2 Å². The van der Waals surface area contributed by atoms with Crippen LogP contribution in [-0.4, -0.2) is 17.9 Å². The predicted octanol–water partition coefficient (Wildman–Crippen LogP) is 2.77. The summed E-state index contributed by atoms with van der Waals surface area (Å²) in [4.78, 5) is 27.8. The van der Waals surface area contributed by atoms with Crippen molar-refractivity contribution in [3.63, 3.8) is 0 Å². The summed E-state index contributed by atoms with van der Waals surface area (Å²) in [7, 11) is 1.56. The molecule has 0 aliphatic rings. The van der Waals surface area contributed by atoms with E-state index in [1.54, 1.807) is 49.6 Å². The first-order valence-corrected chi connectivity index (χ1v) is 6.50. The Morgan fingerprint density at radius 3 is 2.57 bits per heavy atom. The average Bonchev–Trinajstić information content (AvgIpc) is 2.55. The number of nitrogens with one attached hydrogen (secondary N) is 1. The number of carbonyl (C=O) groups is 1. The third-order valence-electron chi connectivity index (χ3n) is 3.37. The van der Waals surface area contributed by atoms with E-state index in [1.807, 2.05) is 6.07 Å². The fourth-order valence-corrected chi connectivity index (χ4v) is 2.24. The summed E-state index contributed by atoms with van der Waals surface area (Å²) in [6.45, 7) is 0. The van der Waals surface area contributed by atoms with Crippen LogP contribution in [0, 0.1) is 0 Å². The first-order valence-electron chi connectivity index (χ1n) is 6.50. The van der Waals surface area contributed by atoms with Crippen LogP contribution in [0.1, 0.15) is 15.9 Å². The summed E-state index contributed by atoms with van der Waals surface area (Å²) >= 11 is 0. The molecule has 0 saturated heterocycles. The quantitative estimate of drug-likeness (QED) is 0.750. The van der Waals surface area contributed by atoms with Crippen LogP contribution < -0.4 is 10.2 Å². The number of H-pyrrole nitrogens is 1. The molecule has 1 aromatic heterocycles. The maximum atomic E-state index is 12.5. The first-order chi connectivity index (χ1) is 10.2. The van der Waals surface area contributed by atoms with Crippen molar-refractivity contribution in [1.29, 1.82) is 0 Å². The van der Waals surface area contributed by atoms with Gasteiger partial charge in [-0.3, -0.25) is 9.59 Å². The van der Waals surface area contributed by atoms with E-state index >= 15 is 0 Å². The zero-order chi connectivity index (χ0) is 14.8. The molecule has 0 atom stereocenters. The molecule has 4 nitrogen and oxygen atoms in total. The van der Waals surface area contributed by atoms with Crippen LogP contribution in [0.4, 0.5) is 0 Å². The standard InChI is InChI=1S/C17H13NO3/c1-21-12-7-8-13-15(9-12)18-10-14(17(13)20)16(19)11-5-3-2-4-6-11/h2-10H,1H3,(H,18,20). The summed E-state index contributed by atoms with van der Waals surface area (Å²) in [5.74, 6) is 0.370. The number of ketones is 1. The number of benzene rings is 2. The van der Waals surface area contributed by atoms with Gasteiger partial charge in [0.15, 0.2) is 5.78 Å². The summed E-state index contributed by atoms with van der Waals surface area (Å²) in [5.41, 5.74) is 0.999. The summed E-state index contributed by atoms with van der Waals surface area (Å²) in [6, 6.07) is 13.9. The molecule has 21 heavy (non-hydrogen) atoms. The Kier molecular flexibility index (Phi) is 3.28. The lowest BCUT2D eigenvalue weighted by atomic mass is 10.0. The molecule has 4 heteroatoms. The van der Waals surface area contributed by atoms with E-state index in [0.29, 0.717) is 22.2 Å². The van der Waals surface area contributed by atoms with Crippen molar-refractivity contribution in [2.24, 2.45) is 0 Å². The molecule has 2 aromatic carbocycles. The third-order valence-corrected chi connectivity index (χ3v) is 3.37. The van der Waals surface area contributed by atoms with Gasteiger partial charge in [0.25, 0.3) is 0 Å². The zero-order valence-electron chi connectivity index (χ0n) is 11.4. The fourth-order valence-electron chi connectivity index (χ4n) is 2.24. The van der Waals surface area contributed by atoms with Gasteiger partial charge in [-0.2, -0.15) is 0 Å². The second-order valence-electron chi connectivity index (χ2n) is 4.64. The Balaban J connectivity index is 2.15. The highest BCUT2D eigenvalue weighted by Crippen LogP contribution is 2.17. The van der Waals surface area contributed by atoms with E-state index in [9.17, 15) is 9.59 Å². The molecule has 3 rings (SSSR count). The summed E-state index contributed by atoms with van der Waals surface area (Å²) in [6.07, 6.45) is 1.46. The molecule has 0 radical (unpaired) electrons. The van der Waals surface area contributed by atoms with E-state index in [0.717, 1.165) is 0 Å². The number of hydrogen-bond acceptors (Lipinski definition) is 3. The lowest BCUT2D eigenvalue weighted by Gasteiger charge is -2.05. The Morgan fingerprint density at radius 2 is 1.86 bits per heavy atom. The van der Waals surface area contributed by atoms with Crippen LogP contribution in [0.2, 0.25) is 0 Å². The highest BCUT2D eigenvalue weighted by atomic mass is 16.5. The van der Waals surface area contributed by atoms with Crippen molar-refractivity contribution in [1.82, 2.24) is 4.98 Å². The predicted molar refractivity (Wildman–Crippen MR) is 81.0 cm³/mol. The van der Waals surface area contributed by atoms with E-state index in [2.05, 4.69) is 4.98 Å². The minimum atomic E-state index is -0.283. The van der Waals surface area contributed by atoms with Gasteiger partial charge in [0.2, 0.25) is 5.43 Å². The first kappa shape index (κ1) is 13.1. The minimum absolute atomic E-state index is 0.138. The molecule has 3 aromatic rings.